The number of nitrogens with one attached hydrogen (secondary N) is 1. The summed E-state index contributed by atoms with van der Waals surface area (Å²) in [6.45, 7) is 4.84. The predicted molar refractivity (Wildman–Crippen MR) is 76.5 cm³/mol. The van der Waals surface area contributed by atoms with Crippen molar-refractivity contribution in [1.82, 2.24) is 10.2 Å². The van der Waals surface area contributed by atoms with Crippen molar-refractivity contribution in [3.05, 3.63) is 0 Å². The molecule has 2 aliphatic rings. The average molecular weight is 282 g/mol. The van der Waals surface area contributed by atoms with Gasteiger partial charge in [-0.05, 0) is 38.5 Å². The number of carboxylic acid groups (broad SMARTS) is 1. The number of carboxylic acids is 1. The van der Waals surface area contributed by atoms with Crippen LogP contribution in [0.15, 0.2) is 0 Å². The molecule has 1 aliphatic carbocycles. The van der Waals surface area contributed by atoms with Gasteiger partial charge in [0.25, 0.3) is 0 Å². The first-order valence-electron chi connectivity index (χ1n) is 7.69. The Morgan fingerprint density at radius 1 is 1.25 bits per heavy atom. The molecule has 1 saturated carbocycles. The van der Waals surface area contributed by atoms with Crippen LogP contribution in [-0.2, 0) is 4.79 Å². The second kappa shape index (κ2) is 6.02. The van der Waals surface area contributed by atoms with Gasteiger partial charge in [-0.25, -0.2) is 4.79 Å². The van der Waals surface area contributed by atoms with E-state index >= 15 is 0 Å². The maximum atomic E-state index is 12.2. The van der Waals surface area contributed by atoms with Crippen LogP contribution >= 0.6 is 0 Å². The minimum Gasteiger partial charge on any atom is -0.481 e. The van der Waals surface area contributed by atoms with Gasteiger partial charge in [-0.2, -0.15) is 0 Å². The summed E-state index contributed by atoms with van der Waals surface area (Å²) < 4.78 is 0. The highest BCUT2D eigenvalue weighted by Crippen LogP contribution is 2.30. The molecule has 2 fully saturated rings. The molecule has 1 aliphatic heterocycles. The molecular weight excluding hydrogens is 256 g/mol. The standard InChI is InChI=1S/C15H26N2O3/c1-11-4-3-5-12(7-6-11)16-14(20)17-9-8-15(2,10-17)13(18)19/h11-12H,3-10H2,1-2H3,(H,16,20)(H,18,19). The van der Waals surface area contributed by atoms with Gasteiger partial charge in [0, 0.05) is 19.1 Å². The number of hydrogen-bond acceptors (Lipinski definition) is 2. The summed E-state index contributed by atoms with van der Waals surface area (Å²) in [6, 6.07) is 0.165. The second-order valence-corrected chi connectivity index (χ2v) is 6.80. The number of likely N-dealkylation sites (tertiary alicyclic amines) is 1. The molecule has 5 nitrogen and oxygen atoms in total. The third-order valence-corrected chi connectivity index (χ3v) is 4.86. The van der Waals surface area contributed by atoms with E-state index in [1.165, 1.54) is 12.8 Å². The molecular formula is C15H26N2O3. The lowest BCUT2D eigenvalue weighted by atomic mass is 9.90. The molecule has 2 N–H and O–H groups in total. The van der Waals surface area contributed by atoms with Gasteiger partial charge >= 0.3 is 12.0 Å². The van der Waals surface area contributed by atoms with Crippen molar-refractivity contribution in [2.45, 2.75) is 58.4 Å². The minimum atomic E-state index is -0.809. The summed E-state index contributed by atoms with van der Waals surface area (Å²) in [5.74, 6) is -0.0601. The molecule has 3 unspecified atom stereocenters. The van der Waals surface area contributed by atoms with Crippen molar-refractivity contribution in [2.24, 2.45) is 11.3 Å². The summed E-state index contributed by atoms with van der Waals surface area (Å²) in [5, 5.41) is 12.3. The summed E-state index contributed by atoms with van der Waals surface area (Å²) in [4.78, 5) is 25.1. The fourth-order valence-corrected chi connectivity index (χ4v) is 3.21. The van der Waals surface area contributed by atoms with E-state index in [1.807, 2.05) is 0 Å². The minimum absolute atomic E-state index is 0.0884. The average Bonchev–Trinajstić information content (AvgIpc) is 2.69. The zero-order chi connectivity index (χ0) is 14.8. The van der Waals surface area contributed by atoms with Gasteiger partial charge in [0.1, 0.15) is 0 Å². The maximum Gasteiger partial charge on any atom is 0.317 e. The Morgan fingerprint density at radius 3 is 2.65 bits per heavy atom. The first-order valence-corrected chi connectivity index (χ1v) is 7.69. The third-order valence-electron chi connectivity index (χ3n) is 4.86. The summed E-state index contributed by atoms with van der Waals surface area (Å²) in [7, 11) is 0. The molecule has 0 radical (unpaired) electrons. The zero-order valence-corrected chi connectivity index (χ0v) is 12.5. The Balaban J connectivity index is 1.85. The molecule has 2 rings (SSSR count). The molecule has 1 saturated heterocycles. The van der Waals surface area contributed by atoms with Gasteiger partial charge in [-0.15, -0.1) is 0 Å². The molecule has 0 aromatic rings. The molecule has 3 atom stereocenters. The van der Waals surface area contributed by atoms with Crippen LogP contribution in [0.5, 0.6) is 0 Å². The van der Waals surface area contributed by atoms with Crippen molar-refractivity contribution in [1.29, 1.82) is 0 Å². The molecule has 5 heteroatoms. The molecule has 20 heavy (non-hydrogen) atoms. The summed E-state index contributed by atoms with van der Waals surface area (Å²) >= 11 is 0. The molecule has 0 aromatic heterocycles. The van der Waals surface area contributed by atoms with E-state index in [0.29, 0.717) is 19.5 Å². The summed E-state index contributed by atoms with van der Waals surface area (Å²) in [6.07, 6.45) is 6.19. The lowest BCUT2D eigenvalue weighted by Gasteiger charge is -2.24. The van der Waals surface area contributed by atoms with Gasteiger partial charge in [-0.1, -0.05) is 19.8 Å². The fraction of sp³-hybridized carbons (Fsp3) is 0.867. The van der Waals surface area contributed by atoms with Crippen LogP contribution in [0.1, 0.15) is 52.4 Å². The lowest BCUT2D eigenvalue weighted by Crippen LogP contribution is -2.45. The Bertz CT molecular complexity index is 385. The smallest absolute Gasteiger partial charge is 0.317 e. The topological polar surface area (TPSA) is 69.6 Å². The van der Waals surface area contributed by atoms with Crippen LogP contribution in [0, 0.1) is 11.3 Å². The highest BCUT2D eigenvalue weighted by molar-refractivity contribution is 5.79. The Hall–Kier alpha value is -1.26. The van der Waals surface area contributed by atoms with Crippen LogP contribution in [0.2, 0.25) is 0 Å². The van der Waals surface area contributed by atoms with E-state index in [-0.39, 0.29) is 12.1 Å². The lowest BCUT2D eigenvalue weighted by molar-refractivity contribution is -0.146. The Kier molecular flexibility index (Phi) is 4.55. The number of carbonyl (C=O) groups is 2. The van der Waals surface area contributed by atoms with E-state index in [1.54, 1.807) is 11.8 Å². The first-order chi connectivity index (χ1) is 9.40. The largest absolute Gasteiger partial charge is 0.481 e. The van der Waals surface area contributed by atoms with Gasteiger partial charge in [0.15, 0.2) is 0 Å². The molecule has 1 heterocycles. The number of rotatable bonds is 2. The van der Waals surface area contributed by atoms with E-state index < -0.39 is 11.4 Å². The van der Waals surface area contributed by atoms with Crippen LogP contribution < -0.4 is 5.32 Å². The normalized spacial score (nSPS) is 34.6. The fourth-order valence-electron chi connectivity index (χ4n) is 3.21. The quantitative estimate of drug-likeness (QED) is 0.764. The highest BCUT2D eigenvalue weighted by Gasteiger charge is 2.42. The van der Waals surface area contributed by atoms with E-state index in [4.69, 9.17) is 0 Å². The number of urea groups is 1. The van der Waals surface area contributed by atoms with E-state index in [0.717, 1.165) is 25.2 Å². The van der Waals surface area contributed by atoms with Crippen molar-refractivity contribution in [2.75, 3.05) is 13.1 Å². The van der Waals surface area contributed by atoms with E-state index in [2.05, 4.69) is 12.2 Å². The molecule has 0 bridgehead atoms. The third kappa shape index (κ3) is 3.44. The Labute approximate surface area is 120 Å². The molecule has 0 aromatic carbocycles. The van der Waals surface area contributed by atoms with Gasteiger partial charge < -0.3 is 15.3 Å². The number of amides is 2. The molecule has 0 spiro atoms. The van der Waals surface area contributed by atoms with Gasteiger partial charge in [0.05, 0.1) is 5.41 Å². The van der Waals surface area contributed by atoms with E-state index in [9.17, 15) is 14.7 Å². The number of aliphatic carboxylic acids is 1. The monoisotopic (exact) mass is 282 g/mol. The maximum absolute atomic E-state index is 12.2. The number of carbonyl (C=O) groups excluding carboxylic acids is 1. The van der Waals surface area contributed by atoms with Gasteiger partial charge in [0.2, 0.25) is 0 Å². The zero-order valence-electron chi connectivity index (χ0n) is 12.5. The van der Waals surface area contributed by atoms with Crippen molar-refractivity contribution < 1.29 is 14.7 Å². The highest BCUT2D eigenvalue weighted by atomic mass is 16.4. The van der Waals surface area contributed by atoms with Gasteiger partial charge in [-0.3, -0.25) is 4.79 Å². The van der Waals surface area contributed by atoms with Crippen molar-refractivity contribution in [3.63, 3.8) is 0 Å². The molecule has 2 amide bonds. The SMILES string of the molecule is CC1CCCC(NC(=O)N2CCC(C)(C(=O)O)C2)CC1. The number of nitrogens with zero attached hydrogens (tertiary/aromatic N) is 1. The predicted octanol–water partition coefficient (Wildman–Crippen LogP) is 2.46. The van der Waals surface area contributed by atoms with Crippen molar-refractivity contribution >= 4 is 12.0 Å². The van der Waals surface area contributed by atoms with Crippen molar-refractivity contribution in [3.8, 4) is 0 Å². The Morgan fingerprint density at radius 2 is 2.00 bits per heavy atom. The van der Waals surface area contributed by atoms with Crippen LogP contribution in [0.25, 0.3) is 0 Å². The van der Waals surface area contributed by atoms with Crippen LogP contribution in [0.4, 0.5) is 4.79 Å². The van der Waals surface area contributed by atoms with Crippen LogP contribution in [-0.4, -0.2) is 41.1 Å². The first kappa shape index (κ1) is 15.1. The second-order valence-electron chi connectivity index (χ2n) is 6.80. The molecule has 114 valence electrons. The number of hydrogen-bond donors (Lipinski definition) is 2. The van der Waals surface area contributed by atoms with Crippen LogP contribution in [0.3, 0.4) is 0 Å². The summed E-state index contributed by atoms with van der Waals surface area (Å²) in [5.41, 5.74) is -0.782.